The predicted octanol–water partition coefficient (Wildman–Crippen LogP) is 5.42. The van der Waals surface area contributed by atoms with Crippen LogP contribution in [-0.4, -0.2) is 49.8 Å². The Hall–Kier alpha value is -4.89. The lowest BCUT2D eigenvalue weighted by molar-refractivity contribution is -0.139. The Balaban J connectivity index is 1.42. The number of nitrogens with zero attached hydrogens (tertiary/aromatic N) is 3. The Morgan fingerprint density at radius 2 is 1.71 bits per heavy atom. The summed E-state index contributed by atoms with van der Waals surface area (Å²) in [6.07, 6.45) is 4.03. The molecule has 1 aromatic heterocycles. The fourth-order valence-corrected chi connectivity index (χ4v) is 6.46. The molecule has 3 aromatic carbocycles. The first kappa shape index (κ1) is 31.5. The predicted molar refractivity (Wildman–Crippen MR) is 178 cm³/mol. The summed E-state index contributed by atoms with van der Waals surface area (Å²) in [7, 11) is 0. The Bertz CT molecular complexity index is 1700. The molecule has 0 bridgehead atoms. The number of pyridine rings is 1. The summed E-state index contributed by atoms with van der Waals surface area (Å²) < 4.78 is 0. The number of thiocarbonyl (C=S) groups is 1. The number of aliphatic carboxylic acids is 1. The quantitative estimate of drug-likeness (QED) is 0.228. The van der Waals surface area contributed by atoms with E-state index in [-0.39, 0.29) is 18.2 Å². The smallest absolute Gasteiger partial charge is 0.326 e. The van der Waals surface area contributed by atoms with E-state index < -0.39 is 24.2 Å². The number of hydrogen-bond acceptors (Lipinski definition) is 5. The van der Waals surface area contributed by atoms with E-state index >= 15 is 0 Å². The first-order valence-electron chi connectivity index (χ1n) is 15.0. The molecule has 45 heavy (non-hydrogen) atoms. The van der Waals surface area contributed by atoms with E-state index in [9.17, 15) is 19.5 Å². The maximum atomic E-state index is 14.1. The number of anilines is 1. The van der Waals surface area contributed by atoms with E-state index in [4.69, 9.17) is 12.2 Å². The number of aryl methyl sites for hydroxylation is 2. The summed E-state index contributed by atoms with van der Waals surface area (Å²) in [6, 6.07) is 24.7. The zero-order valence-corrected chi connectivity index (χ0v) is 26.3. The average molecular weight is 621 g/mol. The number of carbonyl (C=O) groups excluding carboxylic acids is 2. The highest BCUT2D eigenvalue weighted by Crippen LogP contribution is 2.39. The van der Waals surface area contributed by atoms with Gasteiger partial charge < -0.3 is 15.3 Å². The molecule has 9 heteroatoms. The molecular formula is C36H36N4O4S. The topological polar surface area (TPSA) is 103 Å². The van der Waals surface area contributed by atoms with Gasteiger partial charge in [0, 0.05) is 43.4 Å². The Morgan fingerprint density at radius 3 is 2.33 bits per heavy atom. The second-order valence-corrected chi connectivity index (χ2v) is 11.6. The maximum Gasteiger partial charge on any atom is 0.326 e. The van der Waals surface area contributed by atoms with Gasteiger partial charge in [0.15, 0.2) is 0 Å². The fraction of sp³-hybridized carbons (Fsp3) is 0.250. The second kappa shape index (κ2) is 13.8. The molecule has 0 spiro atoms. The van der Waals surface area contributed by atoms with E-state index in [0.29, 0.717) is 17.1 Å². The zero-order chi connectivity index (χ0) is 32.1. The minimum absolute atomic E-state index is 0.183. The molecule has 0 unspecified atom stereocenters. The molecule has 1 aliphatic rings. The van der Waals surface area contributed by atoms with Crippen molar-refractivity contribution in [3.05, 3.63) is 131 Å². The molecule has 0 radical (unpaired) electrons. The summed E-state index contributed by atoms with van der Waals surface area (Å²) in [4.78, 5) is 47.4. The first-order valence-corrected chi connectivity index (χ1v) is 15.4. The van der Waals surface area contributed by atoms with Gasteiger partial charge in [0.05, 0.1) is 0 Å². The van der Waals surface area contributed by atoms with E-state index in [2.05, 4.69) is 10.3 Å². The highest BCUT2D eigenvalue weighted by molar-refractivity contribution is 7.80. The van der Waals surface area contributed by atoms with Gasteiger partial charge in [-0.25, -0.2) is 4.79 Å². The van der Waals surface area contributed by atoms with Crippen LogP contribution in [0.25, 0.3) is 0 Å². The van der Waals surface area contributed by atoms with Crippen molar-refractivity contribution >= 4 is 40.7 Å². The summed E-state index contributed by atoms with van der Waals surface area (Å²) in [5.41, 5.74) is 5.96. The third-order valence-electron chi connectivity index (χ3n) is 8.20. The van der Waals surface area contributed by atoms with Gasteiger partial charge in [0.1, 0.15) is 23.2 Å². The molecule has 2 heterocycles. The summed E-state index contributed by atoms with van der Waals surface area (Å²) >= 11 is 5.67. The van der Waals surface area contributed by atoms with Gasteiger partial charge in [-0.1, -0.05) is 85.9 Å². The van der Waals surface area contributed by atoms with Crippen molar-refractivity contribution in [3.63, 3.8) is 0 Å². The van der Waals surface area contributed by atoms with Gasteiger partial charge in [-0.3, -0.25) is 19.5 Å². The van der Waals surface area contributed by atoms with E-state index in [0.717, 1.165) is 39.8 Å². The maximum absolute atomic E-state index is 14.1. The number of carboxylic acid groups (broad SMARTS) is 1. The molecule has 1 aliphatic heterocycles. The molecular weight excluding hydrogens is 584 g/mol. The van der Waals surface area contributed by atoms with Crippen LogP contribution >= 0.6 is 12.2 Å². The number of carbonyl (C=O) groups is 3. The molecule has 230 valence electrons. The molecule has 2 N–H and O–H groups in total. The average Bonchev–Trinajstić information content (AvgIpc) is 3.33. The highest BCUT2D eigenvalue weighted by Gasteiger charge is 2.48. The lowest BCUT2D eigenvalue weighted by atomic mass is 9.99. The number of rotatable bonds is 10. The monoisotopic (exact) mass is 620 g/mol. The van der Waals surface area contributed by atoms with Crippen LogP contribution in [0.15, 0.2) is 97.3 Å². The van der Waals surface area contributed by atoms with E-state index in [1.807, 2.05) is 98.8 Å². The zero-order valence-electron chi connectivity index (χ0n) is 25.5. The summed E-state index contributed by atoms with van der Waals surface area (Å²) in [5.74, 6) is -1.42. The van der Waals surface area contributed by atoms with Crippen molar-refractivity contribution in [2.75, 3.05) is 4.90 Å². The van der Waals surface area contributed by atoms with Gasteiger partial charge >= 0.3 is 5.97 Å². The van der Waals surface area contributed by atoms with Crippen LogP contribution in [0.1, 0.15) is 53.4 Å². The highest BCUT2D eigenvalue weighted by atomic mass is 32.1. The molecule has 2 amide bonds. The van der Waals surface area contributed by atoms with Crippen LogP contribution in [0, 0.1) is 6.92 Å². The molecule has 0 aliphatic carbocycles. The second-order valence-electron chi connectivity index (χ2n) is 11.2. The summed E-state index contributed by atoms with van der Waals surface area (Å²) in [5, 5.41) is 13.1. The minimum atomic E-state index is -1.01. The Morgan fingerprint density at radius 1 is 0.978 bits per heavy atom. The van der Waals surface area contributed by atoms with E-state index in [1.165, 1.54) is 6.92 Å². The van der Waals surface area contributed by atoms with Crippen LogP contribution in [0.2, 0.25) is 0 Å². The fourth-order valence-electron chi connectivity index (χ4n) is 6.02. The van der Waals surface area contributed by atoms with Crippen LogP contribution in [0.5, 0.6) is 0 Å². The van der Waals surface area contributed by atoms with Crippen LogP contribution in [0.3, 0.4) is 0 Å². The van der Waals surface area contributed by atoms with Gasteiger partial charge in [0.25, 0.3) is 5.91 Å². The molecule has 1 saturated heterocycles. The largest absolute Gasteiger partial charge is 0.480 e. The van der Waals surface area contributed by atoms with Gasteiger partial charge in [-0.05, 0) is 59.4 Å². The summed E-state index contributed by atoms with van der Waals surface area (Å²) in [6.45, 7) is 5.49. The van der Waals surface area contributed by atoms with Crippen LogP contribution in [-0.2, 0) is 33.6 Å². The molecule has 4 aromatic rings. The molecule has 1 fully saturated rings. The molecule has 3 atom stereocenters. The molecule has 8 nitrogen and oxygen atoms in total. The Labute approximate surface area is 268 Å². The number of carboxylic acids is 1. The number of amides is 2. The van der Waals surface area contributed by atoms with Gasteiger partial charge in [-0.2, -0.15) is 0 Å². The minimum Gasteiger partial charge on any atom is -0.480 e. The standard InChI is InChI=1S/C36H36N4O4S/c1-4-27-14-8-10-23(2)32(27)33(45)38-30(36(43)44)20-25-15-17-29(18-16-25)40-34(28-12-6-5-7-13-28)39(24(3)41)31(35(40)42)21-26-11-9-19-37-22-26/h5-19,22,30-31,34H,4,20-21H2,1-3H3,(H,38,45)(H,43,44)/t30-,31+,34-/m0/s1. The van der Waals surface area contributed by atoms with Crippen LogP contribution < -0.4 is 10.2 Å². The molecule has 0 saturated carbocycles. The third kappa shape index (κ3) is 6.78. The first-order chi connectivity index (χ1) is 21.7. The van der Waals surface area contributed by atoms with Crippen molar-refractivity contribution in [1.29, 1.82) is 0 Å². The lowest BCUT2D eigenvalue weighted by Crippen LogP contribution is -2.42. The van der Waals surface area contributed by atoms with E-state index in [1.54, 1.807) is 22.2 Å². The van der Waals surface area contributed by atoms with Crippen molar-refractivity contribution in [2.45, 2.75) is 58.3 Å². The normalized spacial score (nSPS) is 16.8. The van der Waals surface area contributed by atoms with Crippen LogP contribution in [0.4, 0.5) is 5.69 Å². The SMILES string of the molecule is CCc1cccc(C)c1C(=S)N[C@@H](Cc1ccc(N2C(=O)[C@@H](Cc3cccnc3)N(C(C)=O)[C@@H]2c2ccccc2)cc1)C(=O)O. The Kier molecular flexibility index (Phi) is 9.68. The number of benzene rings is 3. The third-order valence-corrected chi connectivity index (χ3v) is 8.53. The van der Waals surface area contributed by atoms with Gasteiger partial charge in [0.2, 0.25) is 5.91 Å². The molecule has 5 rings (SSSR count). The number of aromatic nitrogens is 1. The van der Waals surface area contributed by atoms with Crippen molar-refractivity contribution in [2.24, 2.45) is 0 Å². The van der Waals surface area contributed by atoms with Crippen molar-refractivity contribution in [1.82, 2.24) is 15.2 Å². The van der Waals surface area contributed by atoms with Crippen molar-refractivity contribution < 1.29 is 19.5 Å². The number of hydrogen-bond donors (Lipinski definition) is 2. The number of nitrogens with one attached hydrogen (secondary N) is 1. The van der Waals surface area contributed by atoms with Crippen molar-refractivity contribution in [3.8, 4) is 0 Å². The van der Waals surface area contributed by atoms with Gasteiger partial charge in [-0.15, -0.1) is 0 Å². The lowest BCUT2D eigenvalue weighted by Gasteiger charge is -2.31.